The van der Waals surface area contributed by atoms with E-state index in [4.69, 9.17) is 16.0 Å². The molecule has 2 aromatic rings. The van der Waals surface area contributed by atoms with Crippen LogP contribution in [0.4, 0.5) is 0 Å². The molecule has 2 amide bonds. The van der Waals surface area contributed by atoms with E-state index in [2.05, 4.69) is 10.6 Å². The van der Waals surface area contributed by atoms with Gasteiger partial charge in [-0.25, -0.2) is 0 Å². The average Bonchev–Trinajstić information content (AvgIpc) is 2.92. The van der Waals surface area contributed by atoms with Crippen molar-refractivity contribution >= 4 is 34.4 Å². The van der Waals surface area contributed by atoms with Crippen LogP contribution in [0.2, 0.25) is 5.02 Å². The van der Waals surface area contributed by atoms with Crippen molar-refractivity contribution < 1.29 is 14.0 Å². The van der Waals surface area contributed by atoms with Crippen LogP contribution in [0.15, 0.2) is 22.6 Å². The van der Waals surface area contributed by atoms with Gasteiger partial charge in [0.05, 0.1) is 0 Å². The van der Waals surface area contributed by atoms with Crippen LogP contribution in [-0.4, -0.2) is 24.4 Å². The highest BCUT2D eigenvalue weighted by molar-refractivity contribution is 6.31. The van der Waals surface area contributed by atoms with E-state index in [-0.39, 0.29) is 30.5 Å². The van der Waals surface area contributed by atoms with E-state index in [0.717, 1.165) is 23.8 Å². The molecule has 1 fully saturated rings. The maximum absolute atomic E-state index is 12.3. The largest absolute Gasteiger partial charge is 0.451 e. The van der Waals surface area contributed by atoms with Crippen molar-refractivity contribution in [2.45, 2.75) is 51.5 Å². The van der Waals surface area contributed by atoms with Gasteiger partial charge in [0.1, 0.15) is 5.58 Å². The second-order valence-corrected chi connectivity index (χ2v) is 7.04. The van der Waals surface area contributed by atoms with Gasteiger partial charge in [0.25, 0.3) is 5.91 Å². The van der Waals surface area contributed by atoms with E-state index >= 15 is 0 Å². The molecule has 0 saturated heterocycles. The number of rotatable bonds is 5. The molecule has 0 spiro atoms. The fourth-order valence-corrected chi connectivity index (χ4v) is 3.50. The summed E-state index contributed by atoms with van der Waals surface area (Å²) < 4.78 is 5.62. The molecule has 0 atom stereocenters. The Morgan fingerprint density at radius 1 is 1.24 bits per heavy atom. The number of hydrogen-bond acceptors (Lipinski definition) is 3. The second kappa shape index (κ2) is 7.91. The predicted octanol–water partition coefficient (Wildman–Crippen LogP) is 3.96. The van der Waals surface area contributed by atoms with Crippen LogP contribution in [0.3, 0.4) is 0 Å². The molecule has 2 N–H and O–H groups in total. The number of fused-ring (bicyclic) bond motifs is 1. The van der Waals surface area contributed by atoms with Crippen molar-refractivity contribution in [2.24, 2.45) is 0 Å². The van der Waals surface area contributed by atoms with Crippen LogP contribution in [-0.2, 0) is 4.79 Å². The van der Waals surface area contributed by atoms with Gasteiger partial charge >= 0.3 is 0 Å². The Labute approximate surface area is 152 Å². The number of aryl methyl sites for hydroxylation is 1. The third-order valence-electron chi connectivity index (χ3n) is 4.71. The molecular formula is C19H23ClN2O3. The third-order valence-corrected chi connectivity index (χ3v) is 4.95. The fraction of sp³-hybridized carbons (Fsp3) is 0.474. The van der Waals surface area contributed by atoms with Crippen LogP contribution in [0.25, 0.3) is 11.0 Å². The van der Waals surface area contributed by atoms with E-state index in [1.165, 1.54) is 19.3 Å². The summed E-state index contributed by atoms with van der Waals surface area (Å²) in [5.74, 6) is -0.0550. The summed E-state index contributed by atoms with van der Waals surface area (Å²) in [5.41, 5.74) is 1.38. The molecular weight excluding hydrogens is 340 g/mol. The molecule has 134 valence electrons. The molecule has 0 bridgehead atoms. The highest BCUT2D eigenvalue weighted by atomic mass is 35.5. The quantitative estimate of drug-likeness (QED) is 0.845. The number of benzene rings is 1. The number of halogens is 1. The van der Waals surface area contributed by atoms with E-state index in [1.54, 1.807) is 18.2 Å². The molecule has 1 saturated carbocycles. The smallest absolute Gasteiger partial charge is 0.287 e. The van der Waals surface area contributed by atoms with Crippen molar-refractivity contribution in [3.63, 3.8) is 0 Å². The van der Waals surface area contributed by atoms with E-state index in [9.17, 15) is 9.59 Å². The number of nitrogens with one attached hydrogen (secondary N) is 2. The SMILES string of the molecule is Cc1c(C(=O)NCCC(=O)NC2CCCCC2)oc2ccc(Cl)cc12. The van der Waals surface area contributed by atoms with Gasteiger partial charge in [0, 0.05) is 35.0 Å². The van der Waals surface area contributed by atoms with Crippen molar-refractivity contribution in [2.75, 3.05) is 6.54 Å². The van der Waals surface area contributed by atoms with Gasteiger partial charge < -0.3 is 15.1 Å². The summed E-state index contributed by atoms with van der Waals surface area (Å²) in [4.78, 5) is 24.3. The summed E-state index contributed by atoms with van der Waals surface area (Å²) in [7, 11) is 0. The Kier molecular flexibility index (Phi) is 5.63. The Balaban J connectivity index is 1.52. The standard InChI is InChI=1S/C19H23ClN2O3/c1-12-15-11-13(20)7-8-16(15)25-18(12)19(24)21-10-9-17(23)22-14-5-3-2-4-6-14/h7-8,11,14H,2-6,9-10H2,1H3,(H,21,24)(H,22,23). The molecule has 25 heavy (non-hydrogen) atoms. The zero-order valence-corrected chi connectivity index (χ0v) is 15.1. The lowest BCUT2D eigenvalue weighted by Crippen LogP contribution is -2.38. The highest BCUT2D eigenvalue weighted by Gasteiger charge is 2.19. The maximum Gasteiger partial charge on any atom is 0.287 e. The second-order valence-electron chi connectivity index (χ2n) is 6.61. The first-order valence-electron chi connectivity index (χ1n) is 8.81. The summed E-state index contributed by atoms with van der Waals surface area (Å²) in [5, 5.41) is 7.23. The van der Waals surface area contributed by atoms with Gasteiger partial charge in [-0.15, -0.1) is 0 Å². The zero-order chi connectivity index (χ0) is 17.8. The predicted molar refractivity (Wildman–Crippen MR) is 97.9 cm³/mol. The first-order chi connectivity index (χ1) is 12.0. The molecule has 1 aliphatic rings. The molecule has 6 heteroatoms. The number of carbonyl (C=O) groups excluding carboxylic acids is 2. The number of furan rings is 1. The average molecular weight is 363 g/mol. The van der Waals surface area contributed by atoms with Gasteiger partial charge in [-0.2, -0.15) is 0 Å². The Bertz CT molecular complexity index is 778. The van der Waals surface area contributed by atoms with Crippen LogP contribution in [0, 0.1) is 6.92 Å². The molecule has 0 radical (unpaired) electrons. The molecule has 5 nitrogen and oxygen atoms in total. The summed E-state index contributed by atoms with van der Waals surface area (Å²) in [6, 6.07) is 5.55. The van der Waals surface area contributed by atoms with Gasteiger partial charge in [0.15, 0.2) is 5.76 Å². The molecule has 1 aromatic heterocycles. The Morgan fingerprint density at radius 3 is 2.76 bits per heavy atom. The maximum atomic E-state index is 12.3. The van der Waals surface area contributed by atoms with Crippen molar-refractivity contribution in [1.82, 2.24) is 10.6 Å². The minimum atomic E-state index is -0.310. The van der Waals surface area contributed by atoms with Gasteiger partial charge in [-0.05, 0) is 38.0 Å². The van der Waals surface area contributed by atoms with E-state index in [0.29, 0.717) is 16.6 Å². The lowest BCUT2D eigenvalue weighted by atomic mass is 9.95. The number of hydrogen-bond donors (Lipinski definition) is 2. The molecule has 0 unspecified atom stereocenters. The topological polar surface area (TPSA) is 71.3 Å². The zero-order valence-electron chi connectivity index (χ0n) is 14.4. The lowest BCUT2D eigenvalue weighted by molar-refractivity contribution is -0.121. The van der Waals surface area contributed by atoms with Crippen LogP contribution < -0.4 is 10.6 Å². The molecule has 1 heterocycles. The number of carbonyl (C=O) groups is 2. The van der Waals surface area contributed by atoms with Crippen molar-refractivity contribution in [3.8, 4) is 0 Å². The summed E-state index contributed by atoms with van der Waals surface area (Å²) in [6.07, 6.45) is 5.99. The van der Waals surface area contributed by atoms with Crippen molar-refractivity contribution in [3.05, 3.63) is 34.5 Å². The molecule has 0 aliphatic heterocycles. The molecule has 1 aromatic carbocycles. The van der Waals surface area contributed by atoms with E-state index in [1.807, 2.05) is 6.92 Å². The van der Waals surface area contributed by atoms with Gasteiger partial charge in [-0.1, -0.05) is 30.9 Å². The first kappa shape index (κ1) is 17.8. The Hall–Kier alpha value is -2.01. The highest BCUT2D eigenvalue weighted by Crippen LogP contribution is 2.27. The molecule has 3 rings (SSSR count). The third kappa shape index (κ3) is 4.34. The summed E-state index contributed by atoms with van der Waals surface area (Å²) >= 11 is 5.99. The minimum Gasteiger partial charge on any atom is -0.451 e. The normalized spacial score (nSPS) is 15.3. The van der Waals surface area contributed by atoms with Crippen LogP contribution >= 0.6 is 11.6 Å². The van der Waals surface area contributed by atoms with Gasteiger partial charge in [-0.3, -0.25) is 9.59 Å². The minimum absolute atomic E-state index is 0.0136. The van der Waals surface area contributed by atoms with Crippen LogP contribution in [0.5, 0.6) is 0 Å². The Morgan fingerprint density at radius 2 is 2.00 bits per heavy atom. The van der Waals surface area contributed by atoms with Crippen molar-refractivity contribution in [1.29, 1.82) is 0 Å². The fourth-order valence-electron chi connectivity index (χ4n) is 3.33. The van der Waals surface area contributed by atoms with Crippen LogP contribution in [0.1, 0.15) is 54.6 Å². The monoisotopic (exact) mass is 362 g/mol. The number of amides is 2. The summed E-state index contributed by atoms with van der Waals surface area (Å²) in [6.45, 7) is 2.11. The van der Waals surface area contributed by atoms with Gasteiger partial charge in [0.2, 0.25) is 5.91 Å². The van der Waals surface area contributed by atoms with E-state index < -0.39 is 0 Å². The molecule has 1 aliphatic carbocycles. The lowest BCUT2D eigenvalue weighted by Gasteiger charge is -2.22. The first-order valence-corrected chi connectivity index (χ1v) is 9.18.